The van der Waals surface area contributed by atoms with Crippen LogP contribution in [-0.2, 0) is 11.3 Å². The molecule has 0 aliphatic carbocycles. The molecule has 1 aromatic heterocycles. The second-order valence-electron chi connectivity index (χ2n) is 5.48. The molecule has 0 fully saturated rings. The van der Waals surface area contributed by atoms with Crippen molar-refractivity contribution in [3.63, 3.8) is 0 Å². The van der Waals surface area contributed by atoms with Gasteiger partial charge in [0.1, 0.15) is 0 Å². The zero-order valence-corrected chi connectivity index (χ0v) is 16.6. The number of carbonyl (C=O) groups excluding carboxylic acids is 2. The highest BCUT2D eigenvalue weighted by Crippen LogP contribution is 2.25. The van der Waals surface area contributed by atoms with Crippen LogP contribution in [0.5, 0.6) is 0 Å². The van der Waals surface area contributed by atoms with Gasteiger partial charge in [0.2, 0.25) is 11.8 Å². The Labute approximate surface area is 174 Å². The Kier molecular flexibility index (Phi) is 6.91. The number of nitrogens with zero attached hydrogens (tertiary/aromatic N) is 2. The van der Waals surface area contributed by atoms with Gasteiger partial charge in [0, 0.05) is 11.3 Å². The van der Waals surface area contributed by atoms with Crippen molar-refractivity contribution in [2.75, 3.05) is 11.1 Å². The lowest BCUT2D eigenvalue weighted by molar-refractivity contribution is -0.113. The molecule has 2 aromatic carbocycles. The number of anilines is 1. The van der Waals surface area contributed by atoms with Gasteiger partial charge in [0.15, 0.2) is 0 Å². The van der Waals surface area contributed by atoms with Crippen LogP contribution in [0.15, 0.2) is 58.2 Å². The molecule has 0 aliphatic rings. The van der Waals surface area contributed by atoms with Crippen LogP contribution < -0.4 is 10.6 Å². The predicted octanol–water partition coefficient (Wildman–Crippen LogP) is 4.04. The lowest BCUT2D eigenvalue weighted by atomic mass is 10.2. The average Bonchev–Trinajstić information content (AvgIpc) is 3.16. The number of carbonyl (C=O) groups is 2. The minimum Gasteiger partial charge on any atom is -0.414 e. The zero-order valence-electron chi connectivity index (χ0n) is 14.3. The van der Waals surface area contributed by atoms with Crippen molar-refractivity contribution in [3.05, 3.63) is 70.0 Å². The summed E-state index contributed by atoms with van der Waals surface area (Å²) in [6, 6.07) is 13.6. The molecule has 7 nitrogen and oxygen atoms in total. The quantitative estimate of drug-likeness (QED) is 0.542. The van der Waals surface area contributed by atoms with Crippen molar-refractivity contribution in [2.45, 2.75) is 11.8 Å². The van der Waals surface area contributed by atoms with E-state index in [9.17, 15) is 9.59 Å². The van der Waals surface area contributed by atoms with Gasteiger partial charge < -0.3 is 15.1 Å². The summed E-state index contributed by atoms with van der Waals surface area (Å²) in [5.41, 5.74) is 1.07. The Hall–Kier alpha value is -2.55. The molecule has 2 N–H and O–H groups in total. The van der Waals surface area contributed by atoms with Crippen LogP contribution in [0.2, 0.25) is 10.0 Å². The highest BCUT2D eigenvalue weighted by atomic mass is 35.5. The second kappa shape index (κ2) is 9.59. The SMILES string of the molecule is O=C(CSc1nnc(CNC(=O)c2ccccc2)o1)Nc1ccc(Cl)c(Cl)c1. The highest BCUT2D eigenvalue weighted by Gasteiger charge is 2.12. The normalized spacial score (nSPS) is 10.5. The lowest BCUT2D eigenvalue weighted by Gasteiger charge is -2.05. The van der Waals surface area contributed by atoms with Crippen LogP contribution in [0.25, 0.3) is 0 Å². The summed E-state index contributed by atoms with van der Waals surface area (Å²) in [5.74, 6) is -0.190. The second-order valence-corrected chi connectivity index (χ2v) is 7.22. The Bertz CT molecular complexity index is 982. The van der Waals surface area contributed by atoms with Gasteiger partial charge in [-0.3, -0.25) is 9.59 Å². The summed E-state index contributed by atoms with van der Waals surface area (Å²) in [5, 5.41) is 14.1. The molecule has 144 valence electrons. The first kappa shape index (κ1) is 20.2. The van der Waals surface area contributed by atoms with Gasteiger partial charge in [0.25, 0.3) is 11.1 Å². The van der Waals surface area contributed by atoms with Crippen molar-refractivity contribution in [1.82, 2.24) is 15.5 Å². The van der Waals surface area contributed by atoms with Crippen LogP contribution in [0.1, 0.15) is 16.2 Å². The van der Waals surface area contributed by atoms with Crippen molar-refractivity contribution >= 4 is 52.5 Å². The van der Waals surface area contributed by atoms with Gasteiger partial charge in [-0.15, -0.1) is 10.2 Å². The fourth-order valence-electron chi connectivity index (χ4n) is 2.11. The fourth-order valence-corrected chi connectivity index (χ4v) is 2.99. The molecule has 0 saturated heterocycles. The Balaban J connectivity index is 1.45. The van der Waals surface area contributed by atoms with Gasteiger partial charge in [0.05, 0.1) is 22.3 Å². The number of amides is 2. The van der Waals surface area contributed by atoms with Crippen molar-refractivity contribution < 1.29 is 14.0 Å². The number of halogens is 2. The van der Waals surface area contributed by atoms with Crippen LogP contribution in [0.4, 0.5) is 5.69 Å². The van der Waals surface area contributed by atoms with Crippen molar-refractivity contribution in [3.8, 4) is 0 Å². The molecule has 3 aromatic rings. The van der Waals surface area contributed by atoms with Crippen LogP contribution in [0, 0.1) is 0 Å². The molecule has 0 spiro atoms. The molecule has 0 saturated carbocycles. The smallest absolute Gasteiger partial charge is 0.277 e. The third kappa shape index (κ3) is 5.72. The van der Waals surface area contributed by atoms with E-state index in [-0.39, 0.29) is 35.2 Å². The summed E-state index contributed by atoms with van der Waals surface area (Å²) in [4.78, 5) is 24.0. The maximum Gasteiger partial charge on any atom is 0.277 e. The Morgan fingerprint density at radius 3 is 2.57 bits per heavy atom. The third-order valence-electron chi connectivity index (χ3n) is 3.41. The average molecular weight is 437 g/mol. The molecule has 2 amide bonds. The maximum absolute atomic E-state index is 12.0. The minimum atomic E-state index is -0.263. The molecule has 28 heavy (non-hydrogen) atoms. The number of hydrogen-bond acceptors (Lipinski definition) is 6. The Morgan fingerprint density at radius 1 is 1.04 bits per heavy atom. The predicted molar refractivity (Wildman–Crippen MR) is 108 cm³/mol. The van der Waals surface area contributed by atoms with E-state index in [0.29, 0.717) is 21.3 Å². The largest absolute Gasteiger partial charge is 0.414 e. The number of rotatable bonds is 7. The van der Waals surface area contributed by atoms with Crippen molar-refractivity contribution in [2.24, 2.45) is 0 Å². The maximum atomic E-state index is 12.0. The van der Waals surface area contributed by atoms with E-state index < -0.39 is 0 Å². The molecule has 1 heterocycles. The lowest BCUT2D eigenvalue weighted by Crippen LogP contribution is -2.22. The van der Waals surface area contributed by atoms with Gasteiger partial charge in [-0.1, -0.05) is 53.2 Å². The van der Waals surface area contributed by atoms with E-state index in [1.54, 1.807) is 42.5 Å². The number of nitrogens with one attached hydrogen (secondary N) is 2. The molecule has 10 heteroatoms. The summed E-state index contributed by atoms with van der Waals surface area (Å²) in [6.45, 7) is 0.0940. The van der Waals surface area contributed by atoms with Gasteiger partial charge in [-0.2, -0.15) is 0 Å². The molecule has 0 unspecified atom stereocenters. The summed E-state index contributed by atoms with van der Waals surface area (Å²) < 4.78 is 5.41. The molecular formula is C18H14Cl2N4O3S. The number of aromatic nitrogens is 2. The van der Waals surface area contributed by atoms with Gasteiger partial charge in [-0.05, 0) is 30.3 Å². The minimum absolute atomic E-state index is 0.0677. The number of hydrogen-bond donors (Lipinski definition) is 2. The molecule has 0 bridgehead atoms. The molecular weight excluding hydrogens is 423 g/mol. The summed E-state index contributed by atoms with van der Waals surface area (Å²) >= 11 is 12.8. The van der Waals surface area contributed by atoms with E-state index in [1.165, 1.54) is 0 Å². The van der Waals surface area contributed by atoms with E-state index in [4.69, 9.17) is 27.6 Å². The topological polar surface area (TPSA) is 97.1 Å². The first-order chi connectivity index (χ1) is 13.5. The first-order valence-corrected chi connectivity index (χ1v) is 9.79. The van der Waals surface area contributed by atoms with Crippen LogP contribution in [-0.4, -0.2) is 27.8 Å². The van der Waals surface area contributed by atoms with E-state index in [2.05, 4.69) is 20.8 Å². The van der Waals surface area contributed by atoms with Crippen LogP contribution in [0.3, 0.4) is 0 Å². The molecule has 0 radical (unpaired) electrons. The fraction of sp³-hybridized carbons (Fsp3) is 0.111. The summed E-state index contributed by atoms with van der Waals surface area (Å²) in [7, 11) is 0. The van der Waals surface area contributed by atoms with Gasteiger partial charge >= 0.3 is 0 Å². The highest BCUT2D eigenvalue weighted by molar-refractivity contribution is 7.99. The van der Waals surface area contributed by atoms with E-state index in [0.717, 1.165) is 11.8 Å². The standard InChI is InChI=1S/C18H14Cl2N4O3S/c19-13-7-6-12(8-14(13)20)22-15(25)10-28-18-24-23-16(27-18)9-21-17(26)11-4-2-1-3-5-11/h1-8H,9-10H2,(H,21,26)(H,22,25). The van der Waals surface area contributed by atoms with E-state index in [1.807, 2.05) is 6.07 Å². The number of thioether (sulfide) groups is 1. The van der Waals surface area contributed by atoms with E-state index >= 15 is 0 Å². The Morgan fingerprint density at radius 2 is 1.82 bits per heavy atom. The van der Waals surface area contributed by atoms with Crippen molar-refractivity contribution in [1.29, 1.82) is 0 Å². The first-order valence-electron chi connectivity index (χ1n) is 8.04. The molecule has 0 atom stereocenters. The molecule has 3 rings (SSSR count). The van der Waals surface area contributed by atoms with Gasteiger partial charge in [-0.25, -0.2) is 0 Å². The zero-order chi connectivity index (χ0) is 19.9. The monoisotopic (exact) mass is 436 g/mol. The number of benzene rings is 2. The van der Waals surface area contributed by atoms with Crippen LogP contribution >= 0.6 is 35.0 Å². The summed E-state index contributed by atoms with van der Waals surface area (Å²) in [6.07, 6.45) is 0. The molecule has 0 aliphatic heterocycles. The third-order valence-corrected chi connectivity index (χ3v) is 4.97.